The van der Waals surface area contributed by atoms with Gasteiger partial charge in [-0.25, -0.2) is 4.79 Å². The number of benzene rings is 2. The molecule has 25 heavy (non-hydrogen) atoms. The van der Waals surface area contributed by atoms with Crippen LogP contribution in [0.15, 0.2) is 42.5 Å². The van der Waals surface area contributed by atoms with E-state index in [1.54, 1.807) is 7.11 Å². The van der Waals surface area contributed by atoms with E-state index in [2.05, 4.69) is 20.8 Å². The second-order valence-corrected chi connectivity index (χ2v) is 7.21. The number of para-hydroxylation sites is 1. The summed E-state index contributed by atoms with van der Waals surface area (Å²) >= 11 is 0. The van der Waals surface area contributed by atoms with Crippen LogP contribution in [0.4, 0.5) is 0 Å². The number of rotatable bonds is 6. The summed E-state index contributed by atoms with van der Waals surface area (Å²) in [5.41, 5.74) is 2.72. The Kier molecular flexibility index (Phi) is 5.73. The molecule has 0 aliphatic heterocycles. The molecule has 2 rings (SSSR count). The number of aryl methyl sites for hydroxylation is 1. The fourth-order valence-corrected chi connectivity index (χ4v) is 2.79. The van der Waals surface area contributed by atoms with Gasteiger partial charge in [0.2, 0.25) is 0 Å². The van der Waals surface area contributed by atoms with Crippen LogP contribution in [0, 0.1) is 6.92 Å². The average molecular weight is 342 g/mol. The first-order valence-electron chi connectivity index (χ1n) is 8.35. The van der Waals surface area contributed by atoms with Crippen molar-refractivity contribution in [3.8, 4) is 11.5 Å². The standard InChI is InChI=1S/C21H26O4/c1-14-10-11-17(24-5)15(12-14)13-19(20(22)23)25-18-9-7-6-8-16(18)21(2,3)4/h6-12,19H,13H2,1-5H3,(H,22,23). The number of aliphatic carboxylic acids is 1. The van der Waals surface area contributed by atoms with Crippen molar-refractivity contribution in [2.24, 2.45) is 0 Å². The molecule has 0 fully saturated rings. The Balaban J connectivity index is 2.33. The van der Waals surface area contributed by atoms with Gasteiger partial charge in [-0.3, -0.25) is 0 Å². The number of hydrogen-bond acceptors (Lipinski definition) is 3. The first-order chi connectivity index (χ1) is 11.7. The monoisotopic (exact) mass is 342 g/mol. The highest BCUT2D eigenvalue weighted by Crippen LogP contribution is 2.32. The smallest absolute Gasteiger partial charge is 0.345 e. The van der Waals surface area contributed by atoms with Gasteiger partial charge in [-0.05, 0) is 35.6 Å². The summed E-state index contributed by atoms with van der Waals surface area (Å²) < 4.78 is 11.3. The van der Waals surface area contributed by atoms with Crippen LogP contribution in [0.25, 0.3) is 0 Å². The fourth-order valence-electron chi connectivity index (χ4n) is 2.79. The van der Waals surface area contributed by atoms with Gasteiger partial charge in [0.25, 0.3) is 0 Å². The molecule has 0 spiro atoms. The van der Waals surface area contributed by atoms with Crippen molar-refractivity contribution in [3.63, 3.8) is 0 Å². The van der Waals surface area contributed by atoms with E-state index in [4.69, 9.17) is 9.47 Å². The van der Waals surface area contributed by atoms with Gasteiger partial charge in [0.1, 0.15) is 11.5 Å². The van der Waals surface area contributed by atoms with Gasteiger partial charge >= 0.3 is 5.97 Å². The highest BCUT2D eigenvalue weighted by molar-refractivity contribution is 5.73. The maximum atomic E-state index is 11.8. The zero-order chi connectivity index (χ0) is 18.6. The van der Waals surface area contributed by atoms with Gasteiger partial charge in [-0.2, -0.15) is 0 Å². The Morgan fingerprint density at radius 2 is 1.80 bits per heavy atom. The van der Waals surface area contributed by atoms with Gasteiger partial charge < -0.3 is 14.6 Å². The second-order valence-electron chi connectivity index (χ2n) is 7.21. The van der Waals surface area contributed by atoms with Gasteiger partial charge in [0.15, 0.2) is 6.10 Å². The first kappa shape index (κ1) is 18.8. The third-order valence-corrected chi connectivity index (χ3v) is 4.08. The summed E-state index contributed by atoms with van der Waals surface area (Å²) in [6.07, 6.45) is -0.752. The van der Waals surface area contributed by atoms with Crippen molar-refractivity contribution in [2.45, 2.75) is 45.6 Å². The summed E-state index contributed by atoms with van der Waals surface area (Å²) in [6, 6.07) is 13.3. The summed E-state index contributed by atoms with van der Waals surface area (Å²) in [7, 11) is 1.58. The van der Waals surface area contributed by atoms with E-state index >= 15 is 0 Å². The Hall–Kier alpha value is -2.49. The largest absolute Gasteiger partial charge is 0.496 e. The van der Waals surface area contributed by atoms with E-state index in [1.165, 1.54) is 0 Å². The number of methoxy groups -OCH3 is 1. The van der Waals surface area contributed by atoms with Crippen molar-refractivity contribution in [1.82, 2.24) is 0 Å². The van der Waals surface area contributed by atoms with E-state index < -0.39 is 12.1 Å². The lowest BCUT2D eigenvalue weighted by Crippen LogP contribution is -2.30. The molecule has 0 amide bonds. The molecular weight excluding hydrogens is 316 g/mol. The van der Waals surface area contributed by atoms with Gasteiger partial charge in [-0.1, -0.05) is 56.7 Å². The molecular formula is C21H26O4. The van der Waals surface area contributed by atoms with Gasteiger partial charge in [0.05, 0.1) is 7.11 Å². The molecule has 2 aromatic carbocycles. The minimum atomic E-state index is -0.993. The van der Waals surface area contributed by atoms with Crippen LogP contribution in [0.3, 0.4) is 0 Å². The number of hydrogen-bond donors (Lipinski definition) is 1. The molecule has 0 radical (unpaired) electrons. The molecule has 134 valence electrons. The molecule has 0 aromatic heterocycles. The summed E-state index contributed by atoms with van der Waals surface area (Å²) in [5.74, 6) is 0.283. The predicted octanol–water partition coefficient (Wildman–Crippen LogP) is 4.38. The number of carboxylic acids is 1. The summed E-state index contributed by atoms with van der Waals surface area (Å²) in [4.78, 5) is 11.8. The second kappa shape index (κ2) is 7.60. The van der Waals surface area contributed by atoms with E-state index in [9.17, 15) is 9.90 Å². The molecule has 0 aliphatic rings. The molecule has 2 aromatic rings. The Bertz CT molecular complexity index is 744. The molecule has 1 unspecified atom stereocenters. The third kappa shape index (κ3) is 4.75. The van der Waals surface area contributed by atoms with Crippen LogP contribution in [-0.4, -0.2) is 24.3 Å². The molecule has 4 heteroatoms. The van der Waals surface area contributed by atoms with Crippen LogP contribution in [0.5, 0.6) is 11.5 Å². The van der Waals surface area contributed by atoms with Crippen LogP contribution in [0.2, 0.25) is 0 Å². The van der Waals surface area contributed by atoms with Crippen LogP contribution < -0.4 is 9.47 Å². The lowest BCUT2D eigenvalue weighted by atomic mass is 9.86. The minimum Gasteiger partial charge on any atom is -0.496 e. The van der Waals surface area contributed by atoms with Crippen molar-refractivity contribution >= 4 is 5.97 Å². The summed E-state index contributed by atoms with van der Waals surface area (Å²) in [6.45, 7) is 8.20. The topological polar surface area (TPSA) is 55.8 Å². The fraction of sp³-hybridized carbons (Fsp3) is 0.381. The molecule has 0 saturated heterocycles. The molecule has 1 N–H and O–H groups in total. The van der Waals surface area contributed by atoms with E-state index in [0.717, 1.165) is 16.7 Å². The van der Waals surface area contributed by atoms with Crippen LogP contribution >= 0.6 is 0 Å². The van der Waals surface area contributed by atoms with Crippen LogP contribution in [0.1, 0.15) is 37.5 Å². The molecule has 0 bridgehead atoms. The molecule has 0 saturated carbocycles. The highest BCUT2D eigenvalue weighted by atomic mass is 16.5. The third-order valence-electron chi connectivity index (χ3n) is 4.08. The van der Waals surface area contributed by atoms with Crippen molar-refractivity contribution in [2.75, 3.05) is 7.11 Å². The first-order valence-corrected chi connectivity index (χ1v) is 8.35. The highest BCUT2D eigenvalue weighted by Gasteiger charge is 2.25. The lowest BCUT2D eigenvalue weighted by Gasteiger charge is -2.25. The zero-order valence-electron chi connectivity index (χ0n) is 15.5. The van der Waals surface area contributed by atoms with Crippen LogP contribution in [-0.2, 0) is 16.6 Å². The predicted molar refractivity (Wildman–Crippen MR) is 98.6 cm³/mol. The Morgan fingerprint density at radius 3 is 2.40 bits per heavy atom. The van der Waals surface area contributed by atoms with Crippen molar-refractivity contribution in [3.05, 3.63) is 59.2 Å². The van der Waals surface area contributed by atoms with Gasteiger partial charge in [-0.15, -0.1) is 0 Å². The molecule has 4 nitrogen and oxygen atoms in total. The zero-order valence-corrected chi connectivity index (χ0v) is 15.5. The van der Waals surface area contributed by atoms with E-state index in [0.29, 0.717) is 11.5 Å². The molecule has 0 aliphatic carbocycles. The Morgan fingerprint density at radius 1 is 1.12 bits per heavy atom. The Labute approximate surface area is 149 Å². The number of carbonyl (C=O) groups is 1. The summed E-state index contributed by atoms with van der Waals surface area (Å²) in [5, 5.41) is 9.66. The molecule has 0 heterocycles. The average Bonchev–Trinajstić information content (AvgIpc) is 2.54. The SMILES string of the molecule is COc1ccc(C)cc1CC(Oc1ccccc1C(C)(C)C)C(=O)O. The van der Waals surface area contributed by atoms with Crippen molar-refractivity contribution < 1.29 is 19.4 Å². The van der Waals surface area contributed by atoms with E-state index in [1.807, 2.05) is 49.4 Å². The minimum absolute atomic E-state index is 0.138. The molecule has 1 atom stereocenters. The maximum absolute atomic E-state index is 11.8. The lowest BCUT2D eigenvalue weighted by molar-refractivity contribution is -0.145. The van der Waals surface area contributed by atoms with Crippen molar-refractivity contribution in [1.29, 1.82) is 0 Å². The number of ether oxygens (including phenoxy) is 2. The van der Waals surface area contributed by atoms with E-state index in [-0.39, 0.29) is 11.8 Å². The quantitative estimate of drug-likeness (QED) is 0.846. The number of carboxylic acid groups (broad SMARTS) is 1. The normalized spacial score (nSPS) is 12.5. The maximum Gasteiger partial charge on any atom is 0.345 e. The van der Waals surface area contributed by atoms with Gasteiger partial charge in [0, 0.05) is 6.42 Å².